The summed E-state index contributed by atoms with van der Waals surface area (Å²) in [6, 6.07) is 0. The molecule has 1 N–H and O–H groups in total. The van der Waals surface area contributed by atoms with Crippen molar-refractivity contribution in [2.45, 2.75) is 19.8 Å². The van der Waals surface area contributed by atoms with E-state index in [9.17, 15) is 4.79 Å². The summed E-state index contributed by atoms with van der Waals surface area (Å²) in [6.07, 6.45) is 4.82. The van der Waals surface area contributed by atoms with Crippen molar-refractivity contribution in [3.05, 3.63) is 34.8 Å². The molecular weight excluding hydrogens is 244 g/mol. The molecule has 0 aliphatic rings. The summed E-state index contributed by atoms with van der Waals surface area (Å²) in [6.45, 7) is 4.07. The summed E-state index contributed by atoms with van der Waals surface area (Å²) in [7, 11) is 1.81. The van der Waals surface area contributed by atoms with Crippen molar-refractivity contribution >= 4 is 5.52 Å². The number of rotatable bonds is 2. The van der Waals surface area contributed by atoms with Gasteiger partial charge in [-0.15, -0.1) is 0 Å². The number of hydrogen-bond donors (Lipinski definition) is 1. The molecular formula is C12H14N6O. The molecule has 0 radical (unpaired) electrons. The highest BCUT2D eigenvalue weighted by molar-refractivity contribution is 5.72. The van der Waals surface area contributed by atoms with Crippen LogP contribution in [-0.4, -0.2) is 29.4 Å². The Hall–Kier alpha value is -2.44. The Kier molecular flexibility index (Phi) is 2.48. The largest absolute Gasteiger partial charge is 0.310 e. The lowest BCUT2D eigenvalue weighted by Crippen LogP contribution is -2.11. The van der Waals surface area contributed by atoms with E-state index in [-0.39, 0.29) is 11.5 Å². The van der Waals surface area contributed by atoms with Gasteiger partial charge in [0.05, 0.1) is 0 Å². The Labute approximate surface area is 108 Å². The van der Waals surface area contributed by atoms with Crippen LogP contribution in [0.25, 0.3) is 16.9 Å². The average Bonchev–Trinajstić information content (AvgIpc) is 2.92. The van der Waals surface area contributed by atoms with Crippen LogP contribution in [-0.2, 0) is 7.05 Å². The van der Waals surface area contributed by atoms with Gasteiger partial charge in [0.15, 0.2) is 5.82 Å². The Bertz CT molecular complexity index is 794. The summed E-state index contributed by atoms with van der Waals surface area (Å²) >= 11 is 0. The molecule has 0 unspecified atom stereocenters. The minimum atomic E-state index is -0.152. The van der Waals surface area contributed by atoms with Gasteiger partial charge in [0, 0.05) is 18.8 Å². The number of nitrogens with one attached hydrogen (secondary N) is 1. The van der Waals surface area contributed by atoms with Crippen LogP contribution in [0.15, 0.2) is 23.6 Å². The van der Waals surface area contributed by atoms with Gasteiger partial charge in [-0.3, -0.25) is 9.48 Å². The predicted molar refractivity (Wildman–Crippen MR) is 69.9 cm³/mol. The molecule has 0 aliphatic heterocycles. The minimum Gasteiger partial charge on any atom is -0.310 e. The first kappa shape index (κ1) is 11.6. The number of hydrogen-bond acceptors (Lipinski definition) is 4. The van der Waals surface area contributed by atoms with Gasteiger partial charge in [-0.25, -0.2) is 9.50 Å². The van der Waals surface area contributed by atoms with Gasteiger partial charge in [0.2, 0.25) is 0 Å². The molecule has 3 aromatic rings. The van der Waals surface area contributed by atoms with Gasteiger partial charge in [-0.2, -0.15) is 10.2 Å². The van der Waals surface area contributed by atoms with E-state index in [2.05, 4.69) is 20.2 Å². The van der Waals surface area contributed by atoms with Crippen LogP contribution in [0.2, 0.25) is 0 Å². The first-order chi connectivity index (χ1) is 9.08. The lowest BCUT2D eigenvalue weighted by Gasteiger charge is -2.04. The maximum absolute atomic E-state index is 12.0. The second-order valence-electron chi connectivity index (χ2n) is 4.76. The molecule has 0 atom stereocenters. The predicted octanol–water partition coefficient (Wildman–Crippen LogP) is 0.942. The molecule has 19 heavy (non-hydrogen) atoms. The standard InChI is InChI=1S/C12H14N6O/c1-7(2)9-8(11-14-6-17(3)16-11)4-18-10(9)12(19)13-5-15-18/h4-7H,1-3H3,(H,13,15,19). The molecule has 3 rings (SSSR count). The van der Waals surface area contributed by atoms with Crippen LogP contribution in [0.4, 0.5) is 0 Å². The Morgan fingerprint density at radius 2 is 2.16 bits per heavy atom. The van der Waals surface area contributed by atoms with Crippen molar-refractivity contribution in [2.75, 3.05) is 0 Å². The van der Waals surface area contributed by atoms with E-state index < -0.39 is 0 Å². The number of nitrogens with zero attached hydrogens (tertiary/aromatic N) is 5. The van der Waals surface area contributed by atoms with Crippen molar-refractivity contribution in [3.63, 3.8) is 0 Å². The number of H-pyrrole nitrogens is 1. The topological polar surface area (TPSA) is 80.9 Å². The van der Waals surface area contributed by atoms with Crippen LogP contribution in [0.1, 0.15) is 25.3 Å². The van der Waals surface area contributed by atoms with Crippen LogP contribution >= 0.6 is 0 Å². The van der Waals surface area contributed by atoms with E-state index in [4.69, 9.17) is 0 Å². The molecule has 7 heteroatoms. The first-order valence-electron chi connectivity index (χ1n) is 6.03. The van der Waals surface area contributed by atoms with Gasteiger partial charge in [-0.05, 0) is 11.5 Å². The molecule has 0 aliphatic carbocycles. The second-order valence-corrected chi connectivity index (χ2v) is 4.76. The summed E-state index contributed by atoms with van der Waals surface area (Å²) in [4.78, 5) is 18.8. The normalized spacial score (nSPS) is 11.6. The highest BCUT2D eigenvalue weighted by Crippen LogP contribution is 2.30. The molecule has 3 aromatic heterocycles. The fourth-order valence-corrected chi connectivity index (χ4v) is 2.27. The maximum Gasteiger partial charge on any atom is 0.275 e. The fourth-order valence-electron chi connectivity index (χ4n) is 2.27. The molecule has 0 saturated heterocycles. The number of aryl methyl sites for hydroxylation is 1. The highest BCUT2D eigenvalue weighted by atomic mass is 16.1. The second kappa shape index (κ2) is 4.04. The molecule has 0 spiro atoms. The number of aromatic amines is 1. The lowest BCUT2D eigenvalue weighted by molar-refractivity contribution is 0.767. The molecule has 98 valence electrons. The zero-order chi connectivity index (χ0) is 13.6. The third-order valence-electron chi connectivity index (χ3n) is 3.04. The molecule has 0 saturated carbocycles. The quantitative estimate of drug-likeness (QED) is 0.741. The molecule has 0 bridgehead atoms. The van der Waals surface area contributed by atoms with E-state index in [0.29, 0.717) is 11.3 Å². The van der Waals surface area contributed by atoms with E-state index >= 15 is 0 Å². The Balaban J connectivity index is 2.39. The smallest absolute Gasteiger partial charge is 0.275 e. The number of aromatic nitrogens is 6. The van der Waals surface area contributed by atoms with Gasteiger partial charge in [0.1, 0.15) is 18.2 Å². The molecule has 0 amide bonds. The zero-order valence-electron chi connectivity index (χ0n) is 11.0. The van der Waals surface area contributed by atoms with Gasteiger partial charge in [-0.1, -0.05) is 13.8 Å². The van der Waals surface area contributed by atoms with Crippen molar-refractivity contribution in [1.29, 1.82) is 0 Å². The molecule has 7 nitrogen and oxygen atoms in total. The van der Waals surface area contributed by atoms with Crippen LogP contribution < -0.4 is 5.56 Å². The minimum absolute atomic E-state index is 0.152. The Morgan fingerprint density at radius 1 is 1.37 bits per heavy atom. The van der Waals surface area contributed by atoms with Crippen molar-refractivity contribution in [1.82, 2.24) is 29.4 Å². The maximum atomic E-state index is 12.0. The SMILES string of the molecule is CC(C)c1c(-c2ncn(C)n2)cn2nc[nH]c(=O)c12. The first-order valence-corrected chi connectivity index (χ1v) is 6.03. The summed E-state index contributed by atoms with van der Waals surface area (Å²) < 4.78 is 3.22. The molecule has 0 fully saturated rings. The fraction of sp³-hybridized carbons (Fsp3) is 0.333. The van der Waals surface area contributed by atoms with E-state index in [0.717, 1.165) is 11.1 Å². The molecule has 3 heterocycles. The summed E-state index contributed by atoms with van der Waals surface area (Å²) in [5.74, 6) is 0.783. The monoisotopic (exact) mass is 258 g/mol. The van der Waals surface area contributed by atoms with Crippen LogP contribution in [0, 0.1) is 0 Å². The van der Waals surface area contributed by atoms with E-state index in [1.54, 1.807) is 21.7 Å². The van der Waals surface area contributed by atoms with Crippen molar-refractivity contribution in [3.8, 4) is 11.4 Å². The van der Waals surface area contributed by atoms with Crippen LogP contribution in [0.3, 0.4) is 0 Å². The van der Waals surface area contributed by atoms with E-state index in [1.165, 1.54) is 6.33 Å². The van der Waals surface area contributed by atoms with Gasteiger partial charge < -0.3 is 4.98 Å². The summed E-state index contributed by atoms with van der Waals surface area (Å²) in [5.41, 5.74) is 2.17. The van der Waals surface area contributed by atoms with Gasteiger partial charge >= 0.3 is 0 Å². The van der Waals surface area contributed by atoms with Crippen LogP contribution in [0.5, 0.6) is 0 Å². The highest BCUT2D eigenvalue weighted by Gasteiger charge is 2.20. The van der Waals surface area contributed by atoms with Gasteiger partial charge in [0.25, 0.3) is 5.56 Å². The Morgan fingerprint density at radius 3 is 2.79 bits per heavy atom. The zero-order valence-corrected chi connectivity index (χ0v) is 11.0. The third kappa shape index (κ3) is 1.74. The van der Waals surface area contributed by atoms with Crippen molar-refractivity contribution in [2.24, 2.45) is 7.05 Å². The lowest BCUT2D eigenvalue weighted by atomic mass is 10.00. The average molecular weight is 258 g/mol. The van der Waals surface area contributed by atoms with E-state index in [1.807, 2.05) is 20.9 Å². The summed E-state index contributed by atoms with van der Waals surface area (Å²) in [5, 5.41) is 8.44. The van der Waals surface area contributed by atoms with Crippen molar-refractivity contribution < 1.29 is 0 Å². The number of fused-ring (bicyclic) bond motifs is 1. The third-order valence-corrected chi connectivity index (χ3v) is 3.04. The molecule has 0 aromatic carbocycles.